The smallest absolute Gasteiger partial charge is 0.00448 e. The van der Waals surface area contributed by atoms with E-state index in [1.807, 2.05) is 0 Å². The molecule has 0 bridgehead atoms. The largest absolute Gasteiger partial charge is 0.328 e. The van der Waals surface area contributed by atoms with E-state index in [2.05, 4.69) is 38.1 Å². The lowest BCUT2D eigenvalue weighted by Gasteiger charge is -2.04. The summed E-state index contributed by atoms with van der Waals surface area (Å²) in [6, 6.07) is 9.20. The summed E-state index contributed by atoms with van der Waals surface area (Å²) in [4.78, 5) is 0. The molecular formula is C12H17N. The standard InChI is InChI=1S/C12H17N/c1-8-3-5-10(6-4-8)12-7-11(12)9(2)13/h3-6,9,11-12H,7,13H2,1-2H3/t9-,11+,12-/m0/s1. The van der Waals surface area contributed by atoms with Gasteiger partial charge in [0.15, 0.2) is 0 Å². The van der Waals surface area contributed by atoms with Gasteiger partial charge in [0, 0.05) is 6.04 Å². The summed E-state index contributed by atoms with van der Waals surface area (Å²) < 4.78 is 0. The molecule has 0 spiro atoms. The Balaban J connectivity index is 2.08. The maximum atomic E-state index is 5.86. The predicted octanol–water partition coefficient (Wildman–Crippen LogP) is 2.45. The minimum absolute atomic E-state index is 0.353. The summed E-state index contributed by atoms with van der Waals surface area (Å²) in [5, 5.41) is 0. The molecule has 0 amide bonds. The first-order valence-corrected chi connectivity index (χ1v) is 5.00. The molecule has 1 saturated carbocycles. The highest BCUT2D eigenvalue weighted by Crippen LogP contribution is 2.48. The molecule has 0 heterocycles. The Hall–Kier alpha value is -0.820. The monoisotopic (exact) mass is 175 g/mol. The van der Waals surface area contributed by atoms with Gasteiger partial charge >= 0.3 is 0 Å². The third kappa shape index (κ3) is 1.75. The van der Waals surface area contributed by atoms with E-state index in [0.717, 1.165) is 11.8 Å². The first-order valence-electron chi connectivity index (χ1n) is 5.00. The van der Waals surface area contributed by atoms with Gasteiger partial charge in [-0.15, -0.1) is 0 Å². The Morgan fingerprint density at radius 1 is 1.31 bits per heavy atom. The molecule has 0 aliphatic heterocycles. The van der Waals surface area contributed by atoms with Crippen LogP contribution in [0, 0.1) is 12.8 Å². The Labute approximate surface area is 80.0 Å². The van der Waals surface area contributed by atoms with Crippen LogP contribution in [0.4, 0.5) is 0 Å². The molecule has 13 heavy (non-hydrogen) atoms. The van der Waals surface area contributed by atoms with Crippen LogP contribution in [0.15, 0.2) is 24.3 Å². The van der Waals surface area contributed by atoms with Crippen molar-refractivity contribution in [2.24, 2.45) is 11.7 Å². The van der Waals surface area contributed by atoms with Crippen molar-refractivity contribution in [2.75, 3.05) is 0 Å². The van der Waals surface area contributed by atoms with Crippen molar-refractivity contribution in [3.05, 3.63) is 35.4 Å². The van der Waals surface area contributed by atoms with Gasteiger partial charge in [0.25, 0.3) is 0 Å². The van der Waals surface area contributed by atoms with Crippen molar-refractivity contribution >= 4 is 0 Å². The van der Waals surface area contributed by atoms with Crippen molar-refractivity contribution in [1.29, 1.82) is 0 Å². The lowest BCUT2D eigenvalue weighted by atomic mass is 10.1. The van der Waals surface area contributed by atoms with Gasteiger partial charge in [0.2, 0.25) is 0 Å². The van der Waals surface area contributed by atoms with Crippen LogP contribution in [0.25, 0.3) is 0 Å². The summed E-state index contributed by atoms with van der Waals surface area (Å²) in [7, 11) is 0. The van der Waals surface area contributed by atoms with Gasteiger partial charge in [-0.3, -0.25) is 0 Å². The zero-order valence-electron chi connectivity index (χ0n) is 8.33. The molecule has 70 valence electrons. The van der Waals surface area contributed by atoms with Gasteiger partial charge < -0.3 is 5.73 Å². The fraction of sp³-hybridized carbons (Fsp3) is 0.500. The molecule has 1 aliphatic rings. The summed E-state index contributed by atoms with van der Waals surface area (Å²) in [6.07, 6.45) is 1.28. The van der Waals surface area contributed by atoms with Crippen LogP contribution in [0.2, 0.25) is 0 Å². The van der Waals surface area contributed by atoms with Gasteiger partial charge in [0.05, 0.1) is 0 Å². The molecule has 1 nitrogen and oxygen atoms in total. The van der Waals surface area contributed by atoms with E-state index in [1.165, 1.54) is 17.5 Å². The van der Waals surface area contributed by atoms with E-state index in [-0.39, 0.29) is 0 Å². The Morgan fingerprint density at radius 3 is 2.38 bits per heavy atom. The zero-order valence-corrected chi connectivity index (χ0v) is 8.33. The molecule has 1 aromatic rings. The molecule has 0 saturated heterocycles. The molecular weight excluding hydrogens is 158 g/mol. The van der Waals surface area contributed by atoms with E-state index < -0.39 is 0 Å². The minimum Gasteiger partial charge on any atom is -0.328 e. The molecule has 0 radical (unpaired) electrons. The molecule has 2 rings (SSSR count). The second-order valence-corrected chi connectivity index (χ2v) is 4.28. The third-order valence-corrected chi connectivity index (χ3v) is 3.02. The number of hydrogen-bond donors (Lipinski definition) is 1. The van der Waals surface area contributed by atoms with E-state index in [9.17, 15) is 0 Å². The van der Waals surface area contributed by atoms with Crippen molar-refractivity contribution in [3.63, 3.8) is 0 Å². The average Bonchev–Trinajstić information content (AvgIpc) is 2.85. The highest BCUT2D eigenvalue weighted by atomic mass is 14.7. The summed E-state index contributed by atoms with van der Waals surface area (Å²) >= 11 is 0. The van der Waals surface area contributed by atoms with Crippen LogP contribution in [-0.2, 0) is 0 Å². The van der Waals surface area contributed by atoms with Gasteiger partial charge in [-0.1, -0.05) is 29.8 Å². The highest BCUT2D eigenvalue weighted by Gasteiger charge is 2.40. The fourth-order valence-electron chi connectivity index (χ4n) is 1.99. The van der Waals surface area contributed by atoms with Crippen LogP contribution >= 0.6 is 0 Å². The average molecular weight is 175 g/mol. The number of nitrogens with two attached hydrogens (primary N) is 1. The lowest BCUT2D eigenvalue weighted by molar-refractivity contribution is 0.631. The zero-order chi connectivity index (χ0) is 9.42. The van der Waals surface area contributed by atoms with Crippen LogP contribution in [-0.4, -0.2) is 6.04 Å². The molecule has 1 fully saturated rings. The SMILES string of the molecule is Cc1ccc([C@@H]2C[C@@H]2[C@H](C)N)cc1. The fourth-order valence-corrected chi connectivity index (χ4v) is 1.99. The van der Waals surface area contributed by atoms with E-state index in [4.69, 9.17) is 5.73 Å². The Kier molecular flexibility index (Phi) is 2.12. The van der Waals surface area contributed by atoms with Gasteiger partial charge in [0.1, 0.15) is 0 Å². The number of benzene rings is 1. The van der Waals surface area contributed by atoms with Crippen LogP contribution < -0.4 is 5.73 Å². The van der Waals surface area contributed by atoms with E-state index in [0.29, 0.717) is 6.04 Å². The Bertz CT molecular complexity index is 286. The topological polar surface area (TPSA) is 26.0 Å². The van der Waals surface area contributed by atoms with Crippen molar-refractivity contribution in [1.82, 2.24) is 0 Å². The lowest BCUT2D eigenvalue weighted by Crippen LogP contribution is -2.17. The third-order valence-electron chi connectivity index (χ3n) is 3.02. The van der Waals surface area contributed by atoms with Crippen molar-refractivity contribution < 1.29 is 0 Å². The maximum Gasteiger partial charge on any atom is 0.00448 e. The van der Waals surface area contributed by atoms with Gasteiger partial charge in [-0.2, -0.15) is 0 Å². The van der Waals surface area contributed by atoms with Crippen LogP contribution in [0.3, 0.4) is 0 Å². The second-order valence-electron chi connectivity index (χ2n) is 4.28. The summed E-state index contributed by atoms with van der Waals surface area (Å²) in [5.41, 5.74) is 8.66. The molecule has 3 atom stereocenters. The van der Waals surface area contributed by atoms with Crippen LogP contribution in [0.1, 0.15) is 30.4 Å². The van der Waals surface area contributed by atoms with Crippen molar-refractivity contribution in [2.45, 2.75) is 32.2 Å². The molecule has 1 aliphatic carbocycles. The molecule has 0 aromatic heterocycles. The highest BCUT2D eigenvalue weighted by molar-refractivity contribution is 5.29. The first kappa shape index (κ1) is 8.76. The second kappa shape index (κ2) is 3.15. The molecule has 1 heteroatoms. The maximum absolute atomic E-state index is 5.86. The van der Waals surface area contributed by atoms with Crippen LogP contribution in [0.5, 0.6) is 0 Å². The molecule has 1 aromatic carbocycles. The normalized spacial score (nSPS) is 28.5. The first-order chi connectivity index (χ1) is 6.18. The van der Waals surface area contributed by atoms with E-state index in [1.54, 1.807) is 0 Å². The quantitative estimate of drug-likeness (QED) is 0.734. The summed E-state index contributed by atoms with van der Waals surface area (Å²) in [6.45, 7) is 4.23. The number of rotatable bonds is 2. The van der Waals surface area contributed by atoms with E-state index >= 15 is 0 Å². The molecule has 0 unspecified atom stereocenters. The molecule has 2 N–H and O–H groups in total. The number of aryl methyl sites for hydroxylation is 1. The number of hydrogen-bond acceptors (Lipinski definition) is 1. The Morgan fingerprint density at radius 2 is 1.92 bits per heavy atom. The van der Waals surface area contributed by atoms with Gasteiger partial charge in [-0.05, 0) is 37.7 Å². The summed E-state index contributed by atoms with van der Waals surface area (Å²) in [5.74, 6) is 1.46. The van der Waals surface area contributed by atoms with Gasteiger partial charge in [-0.25, -0.2) is 0 Å². The minimum atomic E-state index is 0.353. The predicted molar refractivity (Wildman–Crippen MR) is 55.7 cm³/mol. The van der Waals surface area contributed by atoms with Crippen molar-refractivity contribution in [3.8, 4) is 0 Å².